The Bertz CT molecular complexity index is 907. The molecule has 0 spiro atoms. The normalized spacial score (nSPS) is 10.9. The van der Waals surface area contributed by atoms with Crippen LogP contribution in [-0.4, -0.2) is 23.6 Å². The van der Waals surface area contributed by atoms with Crippen molar-refractivity contribution in [1.29, 1.82) is 0 Å². The molecule has 2 aromatic carbocycles. The number of aromatic nitrogens is 1. The molecule has 0 aliphatic rings. The van der Waals surface area contributed by atoms with Crippen LogP contribution >= 0.6 is 0 Å². The van der Waals surface area contributed by atoms with E-state index in [-0.39, 0.29) is 5.91 Å². The van der Waals surface area contributed by atoms with Gasteiger partial charge in [0.15, 0.2) is 0 Å². The third-order valence-electron chi connectivity index (χ3n) is 4.73. The van der Waals surface area contributed by atoms with Crippen LogP contribution in [0.3, 0.4) is 0 Å². The van der Waals surface area contributed by atoms with E-state index >= 15 is 0 Å². The van der Waals surface area contributed by atoms with Crippen molar-refractivity contribution in [2.45, 2.75) is 20.8 Å². The number of hydrogen-bond acceptors (Lipinski definition) is 2. The molecule has 130 valence electrons. The maximum atomic E-state index is 12.8. The maximum Gasteiger partial charge on any atom is 0.257 e. The fourth-order valence-electron chi connectivity index (χ4n) is 3.30. The molecule has 3 aromatic rings. The molecule has 3 rings (SSSR count). The minimum Gasteiger partial charge on any atom is -0.372 e. The van der Waals surface area contributed by atoms with Crippen molar-refractivity contribution in [1.82, 2.24) is 4.57 Å². The van der Waals surface area contributed by atoms with E-state index in [4.69, 9.17) is 0 Å². The van der Waals surface area contributed by atoms with Crippen LogP contribution in [0.4, 0.5) is 11.4 Å². The number of amides is 1. The van der Waals surface area contributed by atoms with E-state index in [2.05, 4.69) is 36.2 Å². The third kappa shape index (κ3) is 3.25. The summed E-state index contributed by atoms with van der Waals surface area (Å²) >= 11 is 0. The van der Waals surface area contributed by atoms with E-state index in [1.165, 1.54) is 5.69 Å². The summed E-state index contributed by atoms with van der Waals surface area (Å²) in [5, 5.41) is 4.14. The van der Waals surface area contributed by atoms with Gasteiger partial charge in [-0.05, 0) is 56.7 Å². The quantitative estimate of drug-likeness (QED) is 0.741. The fraction of sp³-hybridized carbons (Fsp3) is 0.286. The zero-order valence-electron chi connectivity index (χ0n) is 15.3. The van der Waals surface area contributed by atoms with Gasteiger partial charge in [0.2, 0.25) is 0 Å². The summed E-state index contributed by atoms with van der Waals surface area (Å²) in [4.78, 5) is 15.1. The van der Waals surface area contributed by atoms with Crippen molar-refractivity contribution in [2.24, 2.45) is 7.05 Å². The first-order valence-corrected chi connectivity index (χ1v) is 8.76. The summed E-state index contributed by atoms with van der Waals surface area (Å²) in [6.07, 6.45) is 1.98. The van der Waals surface area contributed by atoms with Crippen molar-refractivity contribution < 1.29 is 4.79 Å². The Morgan fingerprint density at radius 3 is 2.56 bits per heavy atom. The Labute approximate surface area is 149 Å². The summed E-state index contributed by atoms with van der Waals surface area (Å²) in [5.74, 6) is -0.0777. The van der Waals surface area contributed by atoms with Crippen LogP contribution < -0.4 is 10.2 Å². The van der Waals surface area contributed by atoms with Gasteiger partial charge in [0, 0.05) is 43.1 Å². The Morgan fingerprint density at radius 1 is 1.12 bits per heavy atom. The molecule has 4 heteroatoms. The minimum absolute atomic E-state index is 0.0777. The zero-order valence-corrected chi connectivity index (χ0v) is 15.3. The zero-order chi connectivity index (χ0) is 18.0. The third-order valence-corrected chi connectivity index (χ3v) is 4.73. The molecule has 0 saturated carbocycles. The molecular weight excluding hydrogens is 310 g/mol. The molecule has 1 amide bonds. The van der Waals surface area contributed by atoms with E-state index in [1.54, 1.807) is 0 Å². The molecule has 0 unspecified atom stereocenters. The van der Waals surface area contributed by atoms with Crippen LogP contribution in [0.15, 0.2) is 48.7 Å². The van der Waals surface area contributed by atoms with Gasteiger partial charge in [-0.2, -0.15) is 0 Å². The number of fused-ring (bicyclic) bond motifs is 1. The molecular formula is C21H25N3O. The number of carbonyl (C=O) groups is 1. The molecule has 4 nitrogen and oxygen atoms in total. The van der Waals surface area contributed by atoms with Crippen molar-refractivity contribution >= 4 is 28.2 Å². The lowest BCUT2D eigenvalue weighted by molar-refractivity contribution is 0.102. The lowest BCUT2D eigenvalue weighted by atomic mass is 10.1. The number of hydrogen-bond donors (Lipinski definition) is 1. The van der Waals surface area contributed by atoms with E-state index in [1.807, 2.05) is 55.1 Å². The molecule has 25 heavy (non-hydrogen) atoms. The van der Waals surface area contributed by atoms with Crippen LogP contribution in [0.1, 0.15) is 29.8 Å². The predicted octanol–water partition coefficient (Wildman–Crippen LogP) is 4.59. The minimum atomic E-state index is -0.0777. The smallest absolute Gasteiger partial charge is 0.257 e. The van der Waals surface area contributed by atoms with Gasteiger partial charge in [0.1, 0.15) is 0 Å². The van der Waals surface area contributed by atoms with Crippen molar-refractivity contribution in [2.75, 3.05) is 23.3 Å². The number of carbonyl (C=O) groups excluding carboxylic acids is 1. The molecule has 0 radical (unpaired) electrons. The second-order valence-electron chi connectivity index (χ2n) is 6.30. The van der Waals surface area contributed by atoms with Crippen LogP contribution in [0.2, 0.25) is 0 Å². The van der Waals surface area contributed by atoms with Crippen molar-refractivity contribution in [3.8, 4) is 0 Å². The first-order valence-electron chi connectivity index (χ1n) is 8.76. The highest BCUT2D eigenvalue weighted by atomic mass is 16.1. The van der Waals surface area contributed by atoms with Gasteiger partial charge >= 0.3 is 0 Å². The van der Waals surface area contributed by atoms with Gasteiger partial charge < -0.3 is 14.8 Å². The number of anilines is 2. The lowest BCUT2D eigenvalue weighted by Gasteiger charge is -2.22. The summed E-state index contributed by atoms with van der Waals surface area (Å²) < 4.78 is 1.99. The monoisotopic (exact) mass is 335 g/mol. The highest BCUT2D eigenvalue weighted by Gasteiger charge is 2.14. The van der Waals surface area contributed by atoms with Crippen LogP contribution in [0, 0.1) is 6.92 Å². The second-order valence-corrected chi connectivity index (χ2v) is 6.30. The summed E-state index contributed by atoms with van der Waals surface area (Å²) in [6, 6.07) is 14.0. The van der Waals surface area contributed by atoms with E-state index in [0.29, 0.717) is 5.56 Å². The Morgan fingerprint density at radius 2 is 1.88 bits per heavy atom. The SMILES string of the molecule is CCN(CC)c1ccc(NC(=O)c2cccc3ccn(C)c23)c(C)c1. The number of nitrogens with one attached hydrogen (secondary N) is 1. The lowest BCUT2D eigenvalue weighted by Crippen LogP contribution is -2.22. The number of rotatable bonds is 5. The summed E-state index contributed by atoms with van der Waals surface area (Å²) in [6.45, 7) is 8.27. The number of benzene rings is 2. The van der Waals surface area contributed by atoms with Gasteiger partial charge in [-0.25, -0.2) is 0 Å². The van der Waals surface area contributed by atoms with Crippen LogP contribution in [-0.2, 0) is 7.05 Å². The van der Waals surface area contributed by atoms with Crippen LogP contribution in [0.25, 0.3) is 10.9 Å². The van der Waals surface area contributed by atoms with Gasteiger partial charge in [0.05, 0.1) is 11.1 Å². The molecule has 0 aliphatic heterocycles. The van der Waals surface area contributed by atoms with Crippen molar-refractivity contribution in [3.05, 3.63) is 59.8 Å². The van der Waals surface area contributed by atoms with Gasteiger partial charge in [-0.3, -0.25) is 4.79 Å². The predicted molar refractivity (Wildman–Crippen MR) is 106 cm³/mol. The molecule has 0 fully saturated rings. The van der Waals surface area contributed by atoms with Crippen LogP contribution in [0.5, 0.6) is 0 Å². The largest absolute Gasteiger partial charge is 0.372 e. The Balaban J connectivity index is 1.89. The standard InChI is InChI=1S/C21H25N3O/c1-5-24(6-2)17-10-11-19(15(3)14-17)22-21(25)18-9-7-8-16-12-13-23(4)20(16)18/h7-14H,5-6H2,1-4H3,(H,22,25). The van der Waals surface area contributed by atoms with Gasteiger partial charge in [-0.15, -0.1) is 0 Å². The average molecular weight is 335 g/mol. The molecule has 1 N–H and O–H groups in total. The van der Waals surface area contributed by atoms with Gasteiger partial charge in [0.25, 0.3) is 5.91 Å². The Kier molecular flexibility index (Phi) is 4.79. The Hall–Kier alpha value is -2.75. The number of nitrogens with zero attached hydrogens (tertiary/aromatic N) is 2. The molecule has 0 aliphatic carbocycles. The second kappa shape index (κ2) is 7.01. The van der Waals surface area contributed by atoms with E-state index in [0.717, 1.165) is 35.2 Å². The molecule has 0 bridgehead atoms. The molecule has 0 saturated heterocycles. The highest BCUT2D eigenvalue weighted by molar-refractivity contribution is 6.12. The van der Waals surface area contributed by atoms with Crippen molar-refractivity contribution in [3.63, 3.8) is 0 Å². The maximum absolute atomic E-state index is 12.8. The fourth-order valence-corrected chi connectivity index (χ4v) is 3.30. The highest BCUT2D eigenvalue weighted by Crippen LogP contribution is 2.25. The first-order chi connectivity index (χ1) is 12.0. The number of aryl methyl sites for hydroxylation is 2. The topological polar surface area (TPSA) is 37.3 Å². The van der Waals surface area contributed by atoms with E-state index < -0.39 is 0 Å². The molecule has 1 heterocycles. The molecule has 0 atom stereocenters. The van der Waals surface area contributed by atoms with E-state index in [9.17, 15) is 4.79 Å². The van der Waals surface area contributed by atoms with Gasteiger partial charge in [-0.1, -0.05) is 12.1 Å². The summed E-state index contributed by atoms with van der Waals surface area (Å²) in [5.41, 5.74) is 4.75. The molecule has 1 aromatic heterocycles. The summed E-state index contributed by atoms with van der Waals surface area (Å²) in [7, 11) is 1.96. The first kappa shape index (κ1) is 17.1. The average Bonchev–Trinajstić information content (AvgIpc) is 2.99. The number of para-hydroxylation sites is 1.